The molecule has 0 amide bonds. The highest BCUT2D eigenvalue weighted by Crippen LogP contribution is 2.61. The minimum atomic E-state index is -5.05. The molecule has 1 aromatic carbocycles. The van der Waals surface area contributed by atoms with Gasteiger partial charge in [-0.05, 0) is 37.0 Å². The standard InChI is InChI=1S/C13H19ClO8P2/c1-8-5-10(7-14)6-9(2)13(8)22-11(15)3-4-12(23(16,17)18)24(19,20)21/h5-6,12H,3-4,7H2,1-2H3,(H2,16,17,18)(H2,19,20,21). The molecular weight excluding hydrogens is 382 g/mol. The number of carbonyl (C=O) groups excluding carboxylic acids is 1. The molecule has 0 bridgehead atoms. The molecule has 11 heteroatoms. The van der Waals surface area contributed by atoms with E-state index in [1.165, 1.54) is 0 Å². The maximum Gasteiger partial charge on any atom is 0.340 e. The van der Waals surface area contributed by atoms with Gasteiger partial charge in [-0.1, -0.05) is 12.1 Å². The first-order valence-corrected chi connectivity index (χ1v) is 10.7. The van der Waals surface area contributed by atoms with Gasteiger partial charge in [-0.3, -0.25) is 13.9 Å². The monoisotopic (exact) mass is 400 g/mol. The van der Waals surface area contributed by atoms with Crippen molar-refractivity contribution in [3.63, 3.8) is 0 Å². The predicted molar refractivity (Wildman–Crippen MR) is 88.2 cm³/mol. The number of ether oxygens (including phenoxy) is 1. The number of benzene rings is 1. The lowest BCUT2D eigenvalue weighted by Gasteiger charge is -2.19. The second-order valence-corrected chi connectivity index (χ2v) is 9.64. The molecular formula is C13H19ClO8P2. The molecule has 8 nitrogen and oxygen atoms in total. The van der Waals surface area contributed by atoms with Crippen LogP contribution in [-0.2, 0) is 19.8 Å². The fraction of sp³-hybridized carbons (Fsp3) is 0.462. The van der Waals surface area contributed by atoms with Gasteiger partial charge in [0.2, 0.25) is 0 Å². The molecule has 1 rings (SSSR count). The van der Waals surface area contributed by atoms with Crippen molar-refractivity contribution in [3.05, 3.63) is 28.8 Å². The fourth-order valence-corrected chi connectivity index (χ4v) is 4.87. The van der Waals surface area contributed by atoms with Gasteiger partial charge < -0.3 is 24.3 Å². The Balaban J connectivity index is 2.84. The zero-order valence-corrected chi connectivity index (χ0v) is 15.6. The average molecular weight is 401 g/mol. The Morgan fingerprint density at radius 1 is 1.12 bits per heavy atom. The molecule has 1 aromatic rings. The number of rotatable bonds is 7. The zero-order valence-electron chi connectivity index (χ0n) is 13.0. The smallest absolute Gasteiger partial charge is 0.340 e. The van der Waals surface area contributed by atoms with Crippen molar-refractivity contribution in [1.29, 1.82) is 0 Å². The highest BCUT2D eigenvalue weighted by Gasteiger charge is 2.43. The summed E-state index contributed by atoms with van der Waals surface area (Å²) in [4.78, 5) is 47.9. The van der Waals surface area contributed by atoms with Gasteiger partial charge in [-0.15, -0.1) is 11.6 Å². The number of alkyl halides is 1. The Morgan fingerprint density at radius 3 is 1.96 bits per heavy atom. The normalized spacial score (nSPS) is 12.5. The summed E-state index contributed by atoms with van der Waals surface area (Å²) in [5, 5.41) is -2.22. The van der Waals surface area contributed by atoms with E-state index < -0.39 is 39.4 Å². The summed E-state index contributed by atoms with van der Waals surface area (Å²) in [6.07, 6.45) is -1.23. The lowest BCUT2D eigenvalue weighted by molar-refractivity contribution is -0.134. The summed E-state index contributed by atoms with van der Waals surface area (Å²) in [7, 11) is -10.1. The highest BCUT2D eigenvalue weighted by molar-refractivity contribution is 7.70. The zero-order chi connectivity index (χ0) is 18.7. The van der Waals surface area contributed by atoms with Crippen LogP contribution in [0, 0.1) is 13.8 Å². The van der Waals surface area contributed by atoms with Crippen LogP contribution in [0.4, 0.5) is 0 Å². The van der Waals surface area contributed by atoms with Gasteiger partial charge in [-0.25, -0.2) is 0 Å². The second-order valence-electron chi connectivity index (χ2n) is 5.36. The SMILES string of the molecule is Cc1cc(CCl)cc(C)c1OC(=O)CCC(P(=O)(O)O)P(=O)(O)O. The molecule has 0 fully saturated rings. The number of hydrogen-bond donors (Lipinski definition) is 4. The van der Waals surface area contributed by atoms with Crippen molar-refractivity contribution < 1.29 is 38.2 Å². The summed E-state index contributed by atoms with van der Waals surface area (Å²) in [5.41, 5.74) is 2.15. The van der Waals surface area contributed by atoms with E-state index in [1.54, 1.807) is 26.0 Å². The quantitative estimate of drug-likeness (QED) is 0.236. The lowest BCUT2D eigenvalue weighted by Crippen LogP contribution is -2.15. The predicted octanol–water partition coefficient (Wildman–Crippen LogP) is 2.41. The maximum absolute atomic E-state index is 11.9. The second kappa shape index (κ2) is 8.11. The largest absolute Gasteiger partial charge is 0.426 e. The molecule has 4 N–H and O–H groups in total. The number of esters is 1. The topological polar surface area (TPSA) is 141 Å². The summed E-state index contributed by atoms with van der Waals surface area (Å²) in [6, 6.07) is 3.47. The molecule has 0 aromatic heterocycles. The van der Waals surface area contributed by atoms with E-state index in [9.17, 15) is 13.9 Å². The van der Waals surface area contributed by atoms with Gasteiger partial charge in [0.1, 0.15) is 5.75 Å². The first-order chi connectivity index (χ1) is 10.9. The van der Waals surface area contributed by atoms with Crippen molar-refractivity contribution in [3.8, 4) is 5.75 Å². The third-order valence-electron chi connectivity index (χ3n) is 3.27. The average Bonchev–Trinajstić information content (AvgIpc) is 2.39. The maximum atomic E-state index is 11.9. The van der Waals surface area contributed by atoms with Crippen LogP contribution in [0.1, 0.15) is 29.5 Å². The van der Waals surface area contributed by atoms with E-state index >= 15 is 0 Å². The molecule has 0 radical (unpaired) electrons. The molecule has 0 aliphatic heterocycles. The Kier molecular flexibility index (Phi) is 7.20. The molecule has 0 heterocycles. The molecule has 136 valence electrons. The third kappa shape index (κ3) is 5.97. The van der Waals surface area contributed by atoms with Crippen molar-refractivity contribution in [2.24, 2.45) is 0 Å². The van der Waals surface area contributed by atoms with Crippen molar-refractivity contribution in [2.75, 3.05) is 0 Å². The van der Waals surface area contributed by atoms with Crippen molar-refractivity contribution in [1.82, 2.24) is 0 Å². The third-order valence-corrected chi connectivity index (χ3v) is 7.46. The van der Waals surface area contributed by atoms with Gasteiger partial charge in [0, 0.05) is 12.3 Å². The summed E-state index contributed by atoms with van der Waals surface area (Å²) in [5.74, 6) is -0.258. The highest BCUT2D eigenvalue weighted by atomic mass is 35.5. The summed E-state index contributed by atoms with van der Waals surface area (Å²) in [6.45, 7) is 3.42. The van der Waals surface area contributed by atoms with Crippen LogP contribution in [0.5, 0.6) is 5.75 Å². The van der Waals surface area contributed by atoms with Crippen LogP contribution in [0.25, 0.3) is 0 Å². The van der Waals surface area contributed by atoms with E-state index in [1.807, 2.05) is 0 Å². The number of hydrogen-bond acceptors (Lipinski definition) is 4. The van der Waals surface area contributed by atoms with Crippen LogP contribution < -0.4 is 4.74 Å². The number of halogens is 1. The molecule has 0 aliphatic carbocycles. The van der Waals surface area contributed by atoms with Gasteiger partial charge in [0.05, 0.1) is 0 Å². The minimum absolute atomic E-state index is 0.290. The molecule has 0 aliphatic rings. The Labute approximate surface area is 144 Å². The van der Waals surface area contributed by atoms with Crippen molar-refractivity contribution in [2.45, 2.75) is 38.0 Å². The van der Waals surface area contributed by atoms with E-state index in [0.29, 0.717) is 17.0 Å². The Morgan fingerprint density at radius 2 is 1.58 bits per heavy atom. The Bertz CT molecular complexity index is 663. The van der Waals surface area contributed by atoms with Crippen LogP contribution in [0.15, 0.2) is 12.1 Å². The van der Waals surface area contributed by atoms with Crippen LogP contribution >= 0.6 is 26.8 Å². The molecule has 0 spiro atoms. The number of carbonyl (C=O) groups is 1. The number of aryl methyl sites for hydroxylation is 2. The molecule has 0 unspecified atom stereocenters. The molecule has 0 saturated heterocycles. The fourth-order valence-electron chi connectivity index (χ4n) is 2.22. The first kappa shape index (κ1) is 21.3. The molecule has 24 heavy (non-hydrogen) atoms. The lowest BCUT2D eigenvalue weighted by atomic mass is 10.1. The molecule has 0 atom stereocenters. The molecule has 0 saturated carbocycles. The van der Waals surface area contributed by atoms with Gasteiger partial charge >= 0.3 is 21.2 Å². The summed E-state index contributed by atoms with van der Waals surface area (Å²) < 4.78 is 27.5. The van der Waals surface area contributed by atoms with Gasteiger partial charge in [0.25, 0.3) is 0 Å². The van der Waals surface area contributed by atoms with Crippen molar-refractivity contribution >= 4 is 32.8 Å². The van der Waals surface area contributed by atoms with E-state index in [-0.39, 0.29) is 5.75 Å². The van der Waals surface area contributed by atoms with Gasteiger partial charge in [0.15, 0.2) is 5.40 Å². The summed E-state index contributed by atoms with van der Waals surface area (Å²) >= 11 is 5.74. The van der Waals surface area contributed by atoms with E-state index in [0.717, 1.165) is 5.56 Å². The van der Waals surface area contributed by atoms with Crippen LogP contribution in [0.2, 0.25) is 0 Å². The Hall–Kier alpha value is -0.720. The van der Waals surface area contributed by atoms with Gasteiger partial charge in [-0.2, -0.15) is 0 Å². The van der Waals surface area contributed by atoms with E-state index in [4.69, 9.17) is 35.9 Å². The van der Waals surface area contributed by atoms with Crippen LogP contribution in [0.3, 0.4) is 0 Å². The van der Waals surface area contributed by atoms with E-state index in [2.05, 4.69) is 0 Å². The minimum Gasteiger partial charge on any atom is -0.426 e. The van der Waals surface area contributed by atoms with Crippen LogP contribution in [-0.4, -0.2) is 30.9 Å². The first-order valence-electron chi connectivity index (χ1n) is 6.83.